The second kappa shape index (κ2) is 21.9. The van der Waals surface area contributed by atoms with Crippen molar-refractivity contribution in [2.24, 2.45) is 0 Å². The van der Waals surface area contributed by atoms with Crippen molar-refractivity contribution in [1.29, 1.82) is 0 Å². The number of ketones is 1. The molecule has 0 amide bonds. The fraction of sp³-hybridized carbons (Fsp3) is 0.400. The molecule has 0 unspecified atom stereocenters. The summed E-state index contributed by atoms with van der Waals surface area (Å²) in [4.78, 5) is 36.1. The summed E-state index contributed by atoms with van der Waals surface area (Å²) < 4.78 is 21.6. The quantitative estimate of drug-likeness (QED) is 0.0186. The number of unbranched alkanes of at least 4 members (excludes halogenated alkanes) is 11. The van der Waals surface area contributed by atoms with Crippen LogP contribution in [0.25, 0.3) is 12.2 Å². The maximum absolute atomic E-state index is 12.7. The molecule has 0 spiro atoms. The fourth-order valence-corrected chi connectivity index (χ4v) is 5.25. The average molecular weight is 672 g/mol. The highest BCUT2D eigenvalue weighted by atomic mass is 16.6. The first-order valence-corrected chi connectivity index (χ1v) is 17.2. The Kier molecular flexibility index (Phi) is 17.2. The minimum atomic E-state index is -0.563. The normalized spacial score (nSPS) is 11.2. The highest BCUT2D eigenvalue weighted by Crippen LogP contribution is 2.35. The van der Waals surface area contributed by atoms with Crippen molar-refractivity contribution in [3.8, 4) is 23.0 Å². The molecule has 0 N–H and O–H groups in total. The van der Waals surface area contributed by atoms with E-state index in [-0.39, 0.29) is 28.5 Å². The van der Waals surface area contributed by atoms with Gasteiger partial charge in [-0.1, -0.05) is 89.7 Å². The number of methoxy groups -OCH3 is 2. The Labute approximate surface area is 290 Å². The lowest BCUT2D eigenvalue weighted by Gasteiger charge is -2.08. The van der Waals surface area contributed by atoms with Crippen LogP contribution in [0.1, 0.15) is 105 Å². The number of allylic oxidation sites excluding steroid dienone is 1. The Balaban J connectivity index is 1.37. The second-order valence-electron chi connectivity index (χ2n) is 11.8. The fourth-order valence-electron chi connectivity index (χ4n) is 5.25. The third-order valence-corrected chi connectivity index (χ3v) is 8.06. The number of hydrogen-bond acceptors (Lipinski definition) is 8. The average Bonchev–Trinajstić information content (AvgIpc) is 3.12. The first-order chi connectivity index (χ1) is 23.8. The molecule has 0 heterocycles. The largest absolute Gasteiger partial charge is 0.494 e. The predicted molar refractivity (Wildman–Crippen MR) is 194 cm³/mol. The van der Waals surface area contributed by atoms with E-state index in [1.807, 2.05) is 24.3 Å². The zero-order valence-corrected chi connectivity index (χ0v) is 29.0. The molecule has 0 atom stereocenters. The van der Waals surface area contributed by atoms with Crippen LogP contribution in [0.3, 0.4) is 0 Å². The van der Waals surface area contributed by atoms with E-state index in [2.05, 4.69) is 6.92 Å². The number of nitro benzene ring substituents is 1. The van der Waals surface area contributed by atoms with Gasteiger partial charge in [0, 0.05) is 11.6 Å². The van der Waals surface area contributed by atoms with Gasteiger partial charge in [0.1, 0.15) is 11.5 Å². The van der Waals surface area contributed by atoms with Crippen LogP contribution in [-0.4, -0.2) is 37.5 Å². The molecule has 49 heavy (non-hydrogen) atoms. The SMILES string of the molecule is CCCCCCCCCCCCCCOc1ccc(/C=C/C(=O)Oc2ccc(C(=O)/C=C/c3cc(OC)c(OC)cc3[N+](=O)[O-])cc2)cc1. The van der Waals surface area contributed by atoms with Crippen LogP contribution >= 0.6 is 0 Å². The minimum Gasteiger partial charge on any atom is -0.494 e. The van der Waals surface area contributed by atoms with Crippen molar-refractivity contribution in [2.75, 3.05) is 20.8 Å². The topological polar surface area (TPSA) is 114 Å². The lowest BCUT2D eigenvalue weighted by molar-refractivity contribution is -0.385. The molecule has 3 aromatic carbocycles. The van der Waals surface area contributed by atoms with Crippen LogP contribution in [0.15, 0.2) is 72.8 Å². The molecule has 0 aromatic heterocycles. The number of rotatable bonds is 23. The van der Waals surface area contributed by atoms with Crippen molar-refractivity contribution in [3.63, 3.8) is 0 Å². The molecular weight excluding hydrogens is 622 g/mol. The Morgan fingerprint density at radius 3 is 1.82 bits per heavy atom. The van der Waals surface area contributed by atoms with E-state index in [1.165, 1.54) is 139 Å². The summed E-state index contributed by atoms with van der Waals surface area (Å²) in [6, 6.07) is 16.3. The number of benzene rings is 3. The van der Waals surface area contributed by atoms with Crippen molar-refractivity contribution >= 4 is 29.6 Å². The van der Waals surface area contributed by atoms with E-state index in [4.69, 9.17) is 18.9 Å². The minimum absolute atomic E-state index is 0.185. The third-order valence-electron chi connectivity index (χ3n) is 8.06. The molecule has 0 aliphatic heterocycles. The summed E-state index contributed by atoms with van der Waals surface area (Å²) in [6.45, 7) is 2.95. The summed E-state index contributed by atoms with van der Waals surface area (Å²) in [7, 11) is 2.80. The number of carbonyl (C=O) groups is 2. The number of nitro groups is 1. The second-order valence-corrected chi connectivity index (χ2v) is 11.8. The summed E-state index contributed by atoms with van der Waals surface area (Å²) in [5.74, 6) is 0.629. The van der Waals surface area contributed by atoms with Crippen LogP contribution in [0.4, 0.5) is 5.69 Å². The summed E-state index contributed by atoms with van der Waals surface area (Å²) >= 11 is 0. The van der Waals surface area contributed by atoms with Crippen molar-refractivity contribution in [2.45, 2.75) is 84.0 Å². The lowest BCUT2D eigenvalue weighted by atomic mass is 10.1. The first kappa shape index (κ1) is 38.5. The van der Waals surface area contributed by atoms with Gasteiger partial charge in [0.15, 0.2) is 17.3 Å². The number of carbonyl (C=O) groups excluding carboxylic acids is 2. The molecule has 9 nitrogen and oxygen atoms in total. The van der Waals surface area contributed by atoms with Crippen molar-refractivity contribution < 1.29 is 33.5 Å². The van der Waals surface area contributed by atoms with Gasteiger partial charge in [-0.05, 0) is 72.7 Å². The molecule has 0 aliphatic carbocycles. The summed E-state index contributed by atoms with van der Waals surface area (Å²) in [5, 5.41) is 11.5. The molecule has 262 valence electrons. The first-order valence-electron chi connectivity index (χ1n) is 17.2. The maximum Gasteiger partial charge on any atom is 0.336 e. The van der Waals surface area contributed by atoms with Crippen LogP contribution in [0, 0.1) is 10.1 Å². The van der Waals surface area contributed by atoms with Gasteiger partial charge in [-0.15, -0.1) is 0 Å². The zero-order valence-electron chi connectivity index (χ0n) is 29.0. The van der Waals surface area contributed by atoms with Crippen molar-refractivity contribution in [1.82, 2.24) is 0 Å². The molecule has 0 saturated heterocycles. The standard InChI is InChI=1S/C40H49NO8/c1-4-5-6-7-8-9-10-11-12-13-14-15-28-48-34-22-16-31(17-23-34)18-27-40(43)49-35-24-19-32(20-25-35)37(42)26-21-33-29-38(46-2)39(47-3)30-36(33)41(44)45/h16-27,29-30H,4-15,28H2,1-3H3/b26-21+,27-18+. The van der Waals surface area contributed by atoms with E-state index in [0.29, 0.717) is 17.9 Å². The Morgan fingerprint density at radius 2 is 1.24 bits per heavy atom. The van der Waals surface area contributed by atoms with Crippen LogP contribution < -0.4 is 18.9 Å². The van der Waals surface area contributed by atoms with Gasteiger partial charge in [-0.2, -0.15) is 0 Å². The molecular formula is C40H49NO8. The third kappa shape index (κ3) is 14.0. The van der Waals surface area contributed by atoms with Crippen molar-refractivity contribution in [3.05, 3.63) is 99.6 Å². The number of esters is 1. The van der Waals surface area contributed by atoms with Gasteiger partial charge in [-0.25, -0.2) is 4.79 Å². The van der Waals surface area contributed by atoms with E-state index >= 15 is 0 Å². The van der Waals surface area contributed by atoms with Gasteiger partial charge in [-0.3, -0.25) is 14.9 Å². The zero-order chi connectivity index (χ0) is 35.3. The van der Waals surface area contributed by atoms with E-state index in [1.54, 1.807) is 6.08 Å². The monoisotopic (exact) mass is 671 g/mol. The number of ether oxygens (including phenoxy) is 4. The summed E-state index contributed by atoms with van der Waals surface area (Å²) in [6.07, 6.45) is 21.3. The van der Waals surface area contributed by atoms with Gasteiger partial charge >= 0.3 is 5.97 Å². The molecule has 0 bridgehead atoms. The van der Waals surface area contributed by atoms with E-state index < -0.39 is 10.9 Å². The Morgan fingerprint density at radius 1 is 0.694 bits per heavy atom. The Bertz CT molecular complexity index is 1530. The van der Waals surface area contributed by atoms with E-state index in [9.17, 15) is 19.7 Å². The predicted octanol–water partition coefficient (Wildman–Crippen LogP) is 10.2. The maximum atomic E-state index is 12.7. The molecule has 9 heteroatoms. The van der Waals surface area contributed by atoms with Gasteiger partial charge < -0.3 is 18.9 Å². The molecule has 3 rings (SSSR count). The lowest BCUT2D eigenvalue weighted by Crippen LogP contribution is -2.04. The van der Waals surface area contributed by atoms with Gasteiger partial charge in [0.05, 0.1) is 37.4 Å². The number of nitrogens with zero attached hydrogens (tertiary/aromatic N) is 1. The van der Waals surface area contributed by atoms with Crippen LogP contribution in [-0.2, 0) is 4.79 Å². The van der Waals surface area contributed by atoms with Gasteiger partial charge in [0.2, 0.25) is 0 Å². The number of hydrogen-bond donors (Lipinski definition) is 0. The van der Waals surface area contributed by atoms with Crippen LogP contribution in [0.5, 0.6) is 23.0 Å². The molecule has 0 radical (unpaired) electrons. The smallest absolute Gasteiger partial charge is 0.336 e. The van der Waals surface area contributed by atoms with E-state index in [0.717, 1.165) is 17.7 Å². The highest BCUT2D eigenvalue weighted by molar-refractivity contribution is 6.07. The molecule has 3 aromatic rings. The van der Waals surface area contributed by atoms with Crippen LogP contribution in [0.2, 0.25) is 0 Å². The molecule has 0 fully saturated rings. The molecule has 0 saturated carbocycles. The van der Waals surface area contributed by atoms with Gasteiger partial charge in [0.25, 0.3) is 5.69 Å². The highest BCUT2D eigenvalue weighted by Gasteiger charge is 2.18. The molecule has 0 aliphatic rings. The Hall–Kier alpha value is -4.92. The summed E-state index contributed by atoms with van der Waals surface area (Å²) in [5.41, 5.74) is 1.10.